The highest BCUT2D eigenvalue weighted by atomic mass is 15.1. The van der Waals surface area contributed by atoms with Gasteiger partial charge in [0.05, 0.1) is 22.8 Å². The highest BCUT2D eigenvalue weighted by Gasteiger charge is 2.25. The number of aromatic nitrogens is 2. The van der Waals surface area contributed by atoms with Crippen LogP contribution in [-0.4, -0.2) is 9.55 Å². The van der Waals surface area contributed by atoms with Crippen LogP contribution in [0, 0.1) is 0 Å². The number of fused-ring (bicyclic) bond motifs is 4. The van der Waals surface area contributed by atoms with Gasteiger partial charge in [-0.25, -0.2) is 4.98 Å². The van der Waals surface area contributed by atoms with E-state index < -0.39 is 0 Å². The van der Waals surface area contributed by atoms with Crippen molar-refractivity contribution >= 4 is 27.5 Å². The Labute approximate surface area is 215 Å². The zero-order chi connectivity index (χ0) is 24.3. The van der Waals surface area contributed by atoms with E-state index in [-0.39, 0.29) is 6.04 Å². The molecular weight excluding hydrogens is 450 g/mol. The first kappa shape index (κ1) is 20.3. The van der Waals surface area contributed by atoms with Crippen LogP contribution in [0.15, 0.2) is 127 Å². The lowest BCUT2D eigenvalue weighted by atomic mass is 9.93. The smallest absolute Gasteiger partial charge is 0.161 e. The van der Waals surface area contributed by atoms with Gasteiger partial charge < -0.3 is 5.32 Å². The molecule has 2 aliphatic rings. The number of hydrogen-bond acceptors (Lipinski definition) is 2. The van der Waals surface area contributed by atoms with Crippen molar-refractivity contribution in [2.24, 2.45) is 0 Å². The number of nitrogens with one attached hydrogen (secondary N) is 1. The Bertz CT molecular complexity index is 1880. The molecule has 0 spiro atoms. The minimum Gasteiger partial charge on any atom is -0.372 e. The first-order valence-electron chi connectivity index (χ1n) is 12.7. The van der Waals surface area contributed by atoms with Crippen LogP contribution in [-0.2, 0) is 0 Å². The van der Waals surface area contributed by atoms with E-state index in [1.165, 1.54) is 38.6 Å². The Hall–Kier alpha value is -4.89. The van der Waals surface area contributed by atoms with Gasteiger partial charge in [-0.1, -0.05) is 97.1 Å². The molecule has 174 valence electrons. The third kappa shape index (κ3) is 2.98. The van der Waals surface area contributed by atoms with E-state index in [0.29, 0.717) is 0 Å². The van der Waals surface area contributed by atoms with Crippen LogP contribution < -0.4 is 5.32 Å². The van der Waals surface area contributed by atoms with Crippen molar-refractivity contribution in [3.63, 3.8) is 0 Å². The van der Waals surface area contributed by atoms with Gasteiger partial charge in [0, 0.05) is 5.69 Å². The maximum absolute atomic E-state index is 5.07. The summed E-state index contributed by atoms with van der Waals surface area (Å²) in [7, 11) is 0. The van der Waals surface area contributed by atoms with Crippen LogP contribution in [0.5, 0.6) is 0 Å². The van der Waals surface area contributed by atoms with E-state index in [1.54, 1.807) is 0 Å². The summed E-state index contributed by atoms with van der Waals surface area (Å²) in [4.78, 5) is 5.07. The molecule has 1 aliphatic carbocycles. The monoisotopic (exact) mass is 473 g/mol. The molecule has 0 amide bonds. The quantitative estimate of drug-likeness (QED) is 0.281. The number of hydrogen-bond donors (Lipinski definition) is 1. The van der Waals surface area contributed by atoms with Gasteiger partial charge in [0.1, 0.15) is 0 Å². The Morgan fingerprint density at radius 1 is 0.649 bits per heavy atom. The molecule has 6 aromatic rings. The van der Waals surface area contributed by atoms with Crippen LogP contribution >= 0.6 is 0 Å². The summed E-state index contributed by atoms with van der Waals surface area (Å²) in [6, 6.07) is 38.8. The fourth-order valence-electron chi connectivity index (χ4n) is 5.99. The molecule has 3 nitrogen and oxygen atoms in total. The Morgan fingerprint density at radius 2 is 1.38 bits per heavy atom. The molecule has 0 radical (unpaired) electrons. The lowest BCUT2D eigenvalue weighted by molar-refractivity contribution is 0.759. The molecule has 0 bridgehead atoms. The Kier molecular flexibility index (Phi) is 4.29. The molecule has 8 rings (SSSR count). The highest BCUT2D eigenvalue weighted by molar-refractivity contribution is 6.16. The summed E-state index contributed by atoms with van der Waals surface area (Å²) < 4.78 is 2.24. The fourth-order valence-corrected chi connectivity index (χ4v) is 5.99. The molecule has 0 saturated heterocycles. The highest BCUT2D eigenvalue weighted by Crippen LogP contribution is 2.48. The third-order valence-electron chi connectivity index (χ3n) is 7.61. The van der Waals surface area contributed by atoms with E-state index in [4.69, 9.17) is 4.98 Å². The van der Waals surface area contributed by atoms with Gasteiger partial charge in [-0.3, -0.25) is 4.57 Å². The van der Waals surface area contributed by atoms with Crippen molar-refractivity contribution in [2.75, 3.05) is 0 Å². The second-order valence-electron chi connectivity index (χ2n) is 9.66. The summed E-state index contributed by atoms with van der Waals surface area (Å²) in [6.07, 6.45) is 6.53. The van der Waals surface area contributed by atoms with E-state index in [0.717, 1.165) is 28.2 Å². The number of imidazole rings is 1. The second-order valence-corrected chi connectivity index (χ2v) is 9.66. The third-order valence-corrected chi connectivity index (χ3v) is 7.61. The predicted octanol–water partition coefficient (Wildman–Crippen LogP) is 8.07. The topological polar surface area (TPSA) is 29.9 Å². The van der Waals surface area contributed by atoms with Crippen molar-refractivity contribution in [3.05, 3.63) is 139 Å². The molecule has 2 heterocycles. The molecule has 1 N–H and O–H groups in total. The Balaban J connectivity index is 1.25. The van der Waals surface area contributed by atoms with Gasteiger partial charge >= 0.3 is 0 Å². The van der Waals surface area contributed by atoms with E-state index in [1.807, 2.05) is 12.1 Å². The molecule has 1 aliphatic heterocycles. The first-order valence-corrected chi connectivity index (χ1v) is 12.7. The number of dihydropyridines is 1. The lowest BCUT2D eigenvalue weighted by Crippen LogP contribution is -2.22. The van der Waals surface area contributed by atoms with Crippen LogP contribution in [0.4, 0.5) is 0 Å². The Morgan fingerprint density at radius 3 is 2.24 bits per heavy atom. The molecule has 0 saturated carbocycles. The minimum absolute atomic E-state index is 0.0389. The first-order chi connectivity index (χ1) is 18.4. The van der Waals surface area contributed by atoms with Gasteiger partial charge in [-0.05, 0) is 68.9 Å². The summed E-state index contributed by atoms with van der Waals surface area (Å²) in [5.41, 5.74) is 10.8. The number of benzene rings is 5. The summed E-state index contributed by atoms with van der Waals surface area (Å²) in [5.74, 6) is 0.917. The summed E-state index contributed by atoms with van der Waals surface area (Å²) >= 11 is 0. The fraction of sp³-hybridized carbons (Fsp3) is 0.0294. The second kappa shape index (κ2) is 7.81. The average Bonchev–Trinajstić information content (AvgIpc) is 3.52. The van der Waals surface area contributed by atoms with E-state index in [2.05, 4.69) is 125 Å². The maximum Gasteiger partial charge on any atom is 0.161 e. The zero-order valence-corrected chi connectivity index (χ0v) is 20.1. The molecule has 0 fully saturated rings. The standard InChI is InChI=1S/C34H23N3/c1-2-10-22(11-3-1)37-32-19-7-6-16-30(32)36-34(37)31-18-9-17-29(35-31)25-20-21-28-24-13-5-4-12-23(24)26-14-8-15-27(25)33(26)28/h1-21,29,35H. The van der Waals surface area contributed by atoms with E-state index in [9.17, 15) is 0 Å². The number of allylic oxidation sites excluding steroid dienone is 2. The molecule has 5 aromatic carbocycles. The van der Waals surface area contributed by atoms with Gasteiger partial charge in [0.25, 0.3) is 0 Å². The van der Waals surface area contributed by atoms with Crippen molar-refractivity contribution in [1.29, 1.82) is 0 Å². The lowest BCUT2D eigenvalue weighted by Gasteiger charge is -2.24. The van der Waals surface area contributed by atoms with Crippen LogP contribution in [0.1, 0.15) is 17.4 Å². The summed E-state index contributed by atoms with van der Waals surface area (Å²) in [5, 5.41) is 6.47. The van der Waals surface area contributed by atoms with Crippen molar-refractivity contribution in [1.82, 2.24) is 14.9 Å². The van der Waals surface area contributed by atoms with Gasteiger partial charge in [-0.15, -0.1) is 0 Å². The normalized spacial score (nSPS) is 15.6. The molecule has 1 unspecified atom stereocenters. The zero-order valence-electron chi connectivity index (χ0n) is 20.1. The average molecular weight is 474 g/mol. The molecule has 3 heteroatoms. The SMILES string of the molecule is C1=CC(c2ccc3c4c(cccc24)-c2ccccc2-3)NC(c2nc3ccccc3n2-c2ccccc2)=C1. The summed E-state index contributed by atoms with van der Waals surface area (Å²) in [6.45, 7) is 0. The van der Waals surface area contributed by atoms with Gasteiger partial charge in [0.15, 0.2) is 5.82 Å². The van der Waals surface area contributed by atoms with Gasteiger partial charge in [-0.2, -0.15) is 0 Å². The molecular formula is C34H23N3. The van der Waals surface area contributed by atoms with Crippen LogP contribution in [0.3, 0.4) is 0 Å². The van der Waals surface area contributed by atoms with Crippen LogP contribution in [0.25, 0.3) is 55.4 Å². The van der Waals surface area contributed by atoms with Crippen molar-refractivity contribution in [2.45, 2.75) is 6.04 Å². The predicted molar refractivity (Wildman–Crippen MR) is 152 cm³/mol. The minimum atomic E-state index is 0.0389. The number of rotatable bonds is 3. The largest absolute Gasteiger partial charge is 0.372 e. The molecule has 1 aromatic heterocycles. The number of nitrogens with zero attached hydrogens (tertiary/aromatic N) is 2. The van der Waals surface area contributed by atoms with Crippen molar-refractivity contribution in [3.8, 4) is 27.9 Å². The molecule has 37 heavy (non-hydrogen) atoms. The molecule has 1 atom stereocenters. The van der Waals surface area contributed by atoms with Gasteiger partial charge in [0.2, 0.25) is 0 Å². The van der Waals surface area contributed by atoms with E-state index >= 15 is 0 Å². The number of para-hydroxylation sites is 3. The van der Waals surface area contributed by atoms with Crippen molar-refractivity contribution < 1.29 is 0 Å². The maximum atomic E-state index is 5.07. The van der Waals surface area contributed by atoms with Crippen LogP contribution in [0.2, 0.25) is 0 Å².